The van der Waals surface area contributed by atoms with Crippen LogP contribution >= 0.6 is 0 Å². The zero-order chi connectivity index (χ0) is 22.8. The van der Waals surface area contributed by atoms with E-state index in [0.717, 1.165) is 11.3 Å². The summed E-state index contributed by atoms with van der Waals surface area (Å²) in [6, 6.07) is 15.4. The standard InChI is InChI=1S/C25H22FN3O3/c1-28(2)20-11-7-17(8-12-20)22-21(23(30)18-5-9-19(26)10-6-18)24(31)25(32)29(22)15-16-4-3-13-27-14-16/h3-14,22,30H,15H2,1-2H3/b23-21-. The van der Waals surface area contributed by atoms with Crippen molar-refractivity contribution in [2.24, 2.45) is 0 Å². The Morgan fingerprint density at radius 3 is 2.34 bits per heavy atom. The van der Waals surface area contributed by atoms with E-state index in [1.165, 1.54) is 29.2 Å². The number of amides is 1. The molecule has 2 aromatic carbocycles. The lowest BCUT2D eigenvalue weighted by Gasteiger charge is -2.26. The molecule has 4 rings (SSSR count). The molecule has 1 N–H and O–H groups in total. The summed E-state index contributed by atoms with van der Waals surface area (Å²) in [7, 11) is 3.83. The van der Waals surface area contributed by atoms with Gasteiger partial charge in [-0.15, -0.1) is 0 Å². The van der Waals surface area contributed by atoms with Crippen molar-refractivity contribution >= 4 is 23.1 Å². The first-order chi connectivity index (χ1) is 15.4. The fourth-order valence-corrected chi connectivity index (χ4v) is 3.80. The van der Waals surface area contributed by atoms with E-state index in [1.807, 2.05) is 49.3 Å². The Labute approximate surface area is 185 Å². The molecular formula is C25H22FN3O3. The maximum absolute atomic E-state index is 13.4. The minimum atomic E-state index is -0.795. The summed E-state index contributed by atoms with van der Waals surface area (Å²) in [6.07, 6.45) is 3.26. The number of ketones is 1. The minimum absolute atomic E-state index is 0.0249. The summed E-state index contributed by atoms with van der Waals surface area (Å²) in [5, 5.41) is 11.0. The average Bonchev–Trinajstić information content (AvgIpc) is 3.05. The van der Waals surface area contributed by atoms with Crippen molar-refractivity contribution in [3.8, 4) is 0 Å². The number of nitrogens with zero attached hydrogens (tertiary/aromatic N) is 3. The molecule has 3 aromatic rings. The first-order valence-corrected chi connectivity index (χ1v) is 10.1. The number of rotatable bonds is 5. The van der Waals surface area contributed by atoms with E-state index >= 15 is 0 Å². The van der Waals surface area contributed by atoms with Gasteiger partial charge in [0.25, 0.3) is 11.7 Å². The molecule has 0 bridgehead atoms. The Morgan fingerprint density at radius 2 is 1.75 bits per heavy atom. The summed E-state index contributed by atoms with van der Waals surface area (Å²) < 4.78 is 13.4. The van der Waals surface area contributed by atoms with Gasteiger partial charge in [-0.3, -0.25) is 14.6 Å². The quantitative estimate of drug-likeness (QED) is 0.377. The second kappa shape index (κ2) is 8.63. The maximum atomic E-state index is 13.4. The van der Waals surface area contributed by atoms with Crippen LogP contribution in [0.1, 0.15) is 22.7 Å². The third-order valence-electron chi connectivity index (χ3n) is 5.46. The average molecular weight is 431 g/mol. The molecule has 1 aliphatic heterocycles. The molecule has 1 fully saturated rings. The third-order valence-corrected chi connectivity index (χ3v) is 5.46. The van der Waals surface area contributed by atoms with Crippen LogP contribution in [0.4, 0.5) is 10.1 Å². The number of likely N-dealkylation sites (tertiary alicyclic amines) is 1. The molecule has 1 aromatic heterocycles. The number of halogens is 1. The van der Waals surface area contributed by atoms with E-state index in [9.17, 15) is 19.1 Å². The van der Waals surface area contributed by atoms with Gasteiger partial charge in [-0.05, 0) is 53.6 Å². The van der Waals surface area contributed by atoms with Crippen LogP contribution in [0.2, 0.25) is 0 Å². The van der Waals surface area contributed by atoms with Gasteiger partial charge >= 0.3 is 0 Å². The monoisotopic (exact) mass is 431 g/mol. The van der Waals surface area contributed by atoms with Crippen LogP contribution in [0.25, 0.3) is 5.76 Å². The predicted octanol–water partition coefficient (Wildman–Crippen LogP) is 3.91. The molecule has 1 unspecified atom stereocenters. The molecule has 0 radical (unpaired) electrons. The smallest absolute Gasteiger partial charge is 0.295 e. The zero-order valence-corrected chi connectivity index (χ0v) is 17.7. The fraction of sp³-hybridized carbons (Fsp3) is 0.160. The van der Waals surface area contributed by atoms with Crippen molar-refractivity contribution in [1.82, 2.24) is 9.88 Å². The number of hydrogen-bond donors (Lipinski definition) is 1. The largest absolute Gasteiger partial charge is 0.507 e. The highest BCUT2D eigenvalue weighted by molar-refractivity contribution is 6.46. The number of aliphatic hydroxyl groups is 1. The summed E-state index contributed by atoms with van der Waals surface area (Å²) in [5.41, 5.74) is 2.63. The summed E-state index contributed by atoms with van der Waals surface area (Å²) in [5.74, 6) is -2.29. The highest BCUT2D eigenvalue weighted by atomic mass is 19.1. The van der Waals surface area contributed by atoms with E-state index in [-0.39, 0.29) is 23.4 Å². The van der Waals surface area contributed by atoms with E-state index in [0.29, 0.717) is 5.56 Å². The van der Waals surface area contributed by atoms with Crippen LogP contribution in [-0.4, -0.2) is 40.8 Å². The van der Waals surface area contributed by atoms with Gasteiger partial charge in [0.05, 0.1) is 11.6 Å². The van der Waals surface area contributed by atoms with Crippen LogP contribution in [0.5, 0.6) is 0 Å². The van der Waals surface area contributed by atoms with Crippen molar-refractivity contribution in [2.75, 3.05) is 19.0 Å². The summed E-state index contributed by atoms with van der Waals surface area (Å²) >= 11 is 0. The highest BCUT2D eigenvalue weighted by Crippen LogP contribution is 2.40. The Morgan fingerprint density at radius 1 is 1.06 bits per heavy atom. The van der Waals surface area contributed by atoms with Crippen LogP contribution < -0.4 is 4.90 Å². The van der Waals surface area contributed by atoms with Crippen LogP contribution in [-0.2, 0) is 16.1 Å². The number of pyridine rings is 1. The Kier molecular flexibility index (Phi) is 5.73. The molecule has 1 atom stereocenters. The van der Waals surface area contributed by atoms with E-state index < -0.39 is 23.5 Å². The lowest BCUT2D eigenvalue weighted by molar-refractivity contribution is -0.140. The molecule has 7 heteroatoms. The number of anilines is 1. The Bertz CT molecular complexity index is 1170. The highest BCUT2D eigenvalue weighted by Gasteiger charge is 2.46. The predicted molar refractivity (Wildman–Crippen MR) is 119 cm³/mol. The zero-order valence-electron chi connectivity index (χ0n) is 17.7. The number of aliphatic hydroxyl groups excluding tert-OH is 1. The van der Waals surface area contributed by atoms with E-state index in [4.69, 9.17) is 0 Å². The van der Waals surface area contributed by atoms with Gasteiger partial charge in [0.2, 0.25) is 0 Å². The number of aromatic nitrogens is 1. The molecule has 1 amide bonds. The molecule has 0 spiro atoms. The molecule has 0 aliphatic carbocycles. The number of benzene rings is 2. The van der Waals surface area contributed by atoms with Gasteiger partial charge in [-0.2, -0.15) is 0 Å². The maximum Gasteiger partial charge on any atom is 0.295 e. The molecule has 0 saturated carbocycles. The molecule has 1 aliphatic rings. The second-order valence-electron chi connectivity index (χ2n) is 7.78. The summed E-state index contributed by atoms with van der Waals surface area (Å²) in [6.45, 7) is 0.151. The lowest BCUT2D eigenvalue weighted by Crippen LogP contribution is -2.29. The second-order valence-corrected chi connectivity index (χ2v) is 7.78. The third kappa shape index (κ3) is 3.97. The number of Topliss-reactive ketones (excluding diaryl/α,β-unsaturated/α-hetero) is 1. The molecule has 1 saturated heterocycles. The van der Waals surface area contributed by atoms with Crippen molar-refractivity contribution in [3.63, 3.8) is 0 Å². The minimum Gasteiger partial charge on any atom is -0.507 e. The molecule has 6 nitrogen and oxygen atoms in total. The lowest BCUT2D eigenvalue weighted by atomic mass is 9.95. The fourth-order valence-electron chi connectivity index (χ4n) is 3.80. The van der Waals surface area contributed by atoms with E-state index in [1.54, 1.807) is 18.5 Å². The Balaban J connectivity index is 1.84. The van der Waals surface area contributed by atoms with Crippen molar-refractivity contribution < 1.29 is 19.1 Å². The van der Waals surface area contributed by atoms with Crippen molar-refractivity contribution in [2.45, 2.75) is 12.6 Å². The van der Waals surface area contributed by atoms with Crippen LogP contribution in [0.3, 0.4) is 0 Å². The molecular weight excluding hydrogens is 409 g/mol. The van der Waals surface area contributed by atoms with Crippen LogP contribution in [0, 0.1) is 5.82 Å². The van der Waals surface area contributed by atoms with Gasteiger partial charge in [0.15, 0.2) is 0 Å². The SMILES string of the molecule is CN(C)c1ccc(C2/C(=C(/O)c3ccc(F)cc3)C(=O)C(=O)N2Cc2cccnc2)cc1. The molecule has 32 heavy (non-hydrogen) atoms. The van der Waals surface area contributed by atoms with Gasteiger partial charge in [0.1, 0.15) is 11.6 Å². The van der Waals surface area contributed by atoms with Crippen LogP contribution in [0.15, 0.2) is 78.6 Å². The molecule has 162 valence electrons. The van der Waals surface area contributed by atoms with Gasteiger partial charge in [0, 0.05) is 44.3 Å². The number of hydrogen-bond acceptors (Lipinski definition) is 5. The Hall–Kier alpha value is -4.00. The summed E-state index contributed by atoms with van der Waals surface area (Å²) in [4.78, 5) is 33.5. The van der Waals surface area contributed by atoms with E-state index in [2.05, 4.69) is 4.98 Å². The van der Waals surface area contributed by atoms with Crippen molar-refractivity contribution in [1.29, 1.82) is 0 Å². The topological polar surface area (TPSA) is 73.7 Å². The van der Waals surface area contributed by atoms with Crippen molar-refractivity contribution in [3.05, 3.63) is 101 Å². The van der Waals surface area contributed by atoms with Gasteiger partial charge < -0.3 is 14.9 Å². The van der Waals surface area contributed by atoms with Gasteiger partial charge in [-0.25, -0.2) is 4.39 Å². The first-order valence-electron chi connectivity index (χ1n) is 10.1. The number of carbonyl (C=O) groups excluding carboxylic acids is 2. The van der Waals surface area contributed by atoms with Gasteiger partial charge in [-0.1, -0.05) is 18.2 Å². The first kappa shape index (κ1) is 21.2. The normalized spacial score (nSPS) is 17.6. The molecule has 2 heterocycles. The number of carbonyl (C=O) groups is 2.